The highest BCUT2D eigenvalue weighted by Gasteiger charge is 2.11. The van der Waals surface area contributed by atoms with E-state index >= 15 is 0 Å². The highest BCUT2D eigenvalue weighted by molar-refractivity contribution is 7.15. The number of nitrogens with zero attached hydrogens (tertiary/aromatic N) is 2. The summed E-state index contributed by atoms with van der Waals surface area (Å²) in [5.74, 6) is 1.83. The molecule has 1 heterocycles. The third kappa shape index (κ3) is 5.27. The third-order valence-electron chi connectivity index (χ3n) is 3.90. The molecule has 10 heteroatoms. The van der Waals surface area contributed by atoms with Crippen LogP contribution in [0.15, 0.2) is 36.4 Å². The van der Waals surface area contributed by atoms with Gasteiger partial charge in [-0.3, -0.25) is 5.32 Å². The summed E-state index contributed by atoms with van der Waals surface area (Å²) in [6.45, 7) is 0. The zero-order valence-corrected chi connectivity index (χ0v) is 17.6. The third-order valence-corrected chi connectivity index (χ3v) is 5.03. The van der Waals surface area contributed by atoms with Crippen molar-refractivity contribution in [2.24, 2.45) is 0 Å². The Labute approximate surface area is 176 Å². The number of carbonyl (C=O) groups excluding carboxylic acids is 1. The number of methoxy groups -OCH3 is 3. The molecule has 0 saturated heterocycles. The van der Waals surface area contributed by atoms with Gasteiger partial charge in [-0.1, -0.05) is 29.0 Å². The van der Waals surface area contributed by atoms with E-state index in [4.69, 9.17) is 25.8 Å². The summed E-state index contributed by atoms with van der Waals surface area (Å²) in [6.07, 6.45) is 0.551. The number of carbonyl (C=O) groups is 1. The summed E-state index contributed by atoms with van der Waals surface area (Å²) in [7, 11) is 4.70. The zero-order chi connectivity index (χ0) is 20.8. The Morgan fingerprint density at radius 2 is 1.69 bits per heavy atom. The van der Waals surface area contributed by atoms with Crippen molar-refractivity contribution in [2.45, 2.75) is 6.42 Å². The molecule has 0 aliphatic carbocycles. The van der Waals surface area contributed by atoms with Gasteiger partial charge in [-0.05, 0) is 35.9 Å². The summed E-state index contributed by atoms with van der Waals surface area (Å²) < 4.78 is 15.6. The van der Waals surface area contributed by atoms with Crippen molar-refractivity contribution >= 4 is 39.8 Å². The summed E-state index contributed by atoms with van der Waals surface area (Å²) in [6, 6.07) is 10.2. The standard InChI is InChI=1S/C19H19ClN4O4S/c1-26-14-7-5-12(10-13(14)20)21-18(25)22-19-24-23-17(29-19)9-11-4-6-15(27-2)16(8-11)28-3/h4-8,10H,9H2,1-3H3,(H2,21,22,24,25). The van der Waals surface area contributed by atoms with E-state index in [9.17, 15) is 4.79 Å². The molecule has 0 aliphatic rings. The van der Waals surface area contributed by atoms with Crippen molar-refractivity contribution in [3.63, 3.8) is 0 Å². The van der Waals surface area contributed by atoms with Crippen LogP contribution in [0.25, 0.3) is 0 Å². The average molecular weight is 435 g/mol. The molecule has 1 aromatic heterocycles. The van der Waals surface area contributed by atoms with E-state index in [0.29, 0.717) is 39.5 Å². The van der Waals surface area contributed by atoms with Gasteiger partial charge in [0.25, 0.3) is 0 Å². The Morgan fingerprint density at radius 1 is 0.966 bits per heavy atom. The van der Waals surface area contributed by atoms with Crippen LogP contribution < -0.4 is 24.8 Å². The van der Waals surface area contributed by atoms with Crippen LogP contribution in [-0.2, 0) is 6.42 Å². The maximum absolute atomic E-state index is 12.2. The Balaban J connectivity index is 1.61. The molecule has 2 amide bonds. The Morgan fingerprint density at radius 3 is 2.38 bits per heavy atom. The van der Waals surface area contributed by atoms with Crippen molar-refractivity contribution in [3.05, 3.63) is 52.0 Å². The summed E-state index contributed by atoms with van der Waals surface area (Å²) in [5.41, 5.74) is 1.52. The molecular formula is C19H19ClN4O4S. The molecule has 0 atom stereocenters. The second kappa shape index (κ2) is 9.44. The largest absolute Gasteiger partial charge is 0.495 e. The smallest absolute Gasteiger partial charge is 0.325 e. The molecule has 2 aromatic carbocycles. The van der Waals surface area contributed by atoms with E-state index in [1.54, 1.807) is 32.4 Å². The minimum atomic E-state index is -0.444. The van der Waals surface area contributed by atoms with Crippen LogP contribution in [0.1, 0.15) is 10.6 Å². The predicted molar refractivity (Wildman–Crippen MR) is 113 cm³/mol. The van der Waals surface area contributed by atoms with Gasteiger partial charge in [0, 0.05) is 12.1 Å². The minimum Gasteiger partial charge on any atom is -0.495 e. The number of ether oxygens (including phenoxy) is 3. The topological polar surface area (TPSA) is 94.6 Å². The lowest BCUT2D eigenvalue weighted by Crippen LogP contribution is -2.19. The molecule has 152 valence electrons. The highest BCUT2D eigenvalue weighted by atomic mass is 35.5. The molecule has 0 bridgehead atoms. The van der Waals surface area contributed by atoms with Gasteiger partial charge in [-0.2, -0.15) is 0 Å². The number of hydrogen-bond donors (Lipinski definition) is 2. The molecule has 0 aliphatic heterocycles. The molecular weight excluding hydrogens is 416 g/mol. The maximum Gasteiger partial charge on any atom is 0.325 e. The number of anilines is 2. The van der Waals surface area contributed by atoms with Crippen LogP contribution >= 0.6 is 22.9 Å². The first kappa shape index (κ1) is 20.7. The second-order valence-electron chi connectivity index (χ2n) is 5.80. The fourth-order valence-corrected chi connectivity index (χ4v) is 3.57. The summed E-state index contributed by atoms with van der Waals surface area (Å²) in [5, 5.41) is 15.0. The fraction of sp³-hybridized carbons (Fsp3) is 0.211. The summed E-state index contributed by atoms with van der Waals surface area (Å²) in [4.78, 5) is 12.2. The highest BCUT2D eigenvalue weighted by Crippen LogP contribution is 2.30. The number of hydrogen-bond acceptors (Lipinski definition) is 7. The number of halogens is 1. The molecule has 0 spiro atoms. The van der Waals surface area contributed by atoms with E-state index in [-0.39, 0.29) is 0 Å². The van der Waals surface area contributed by atoms with Crippen molar-refractivity contribution in [3.8, 4) is 17.2 Å². The first-order valence-electron chi connectivity index (χ1n) is 8.47. The minimum absolute atomic E-state index is 0.387. The van der Waals surface area contributed by atoms with E-state index in [0.717, 1.165) is 10.6 Å². The average Bonchev–Trinajstić information content (AvgIpc) is 3.14. The normalized spacial score (nSPS) is 10.3. The Hall–Kier alpha value is -3.04. The first-order chi connectivity index (χ1) is 14.0. The fourth-order valence-electron chi connectivity index (χ4n) is 2.54. The van der Waals surface area contributed by atoms with Crippen molar-refractivity contribution in [2.75, 3.05) is 32.0 Å². The van der Waals surface area contributed by atoms with Gasteiger partial charge < -0.3 is 19.5 Å². The van der Waals surface area contributed by atoms with Gasteiger partial charge in [-0.15, -0.1) is 10.2 Å². The lowest BCUT2D eigenvalue weighted by molar-refractivity contribution is 0.262. The number of benzene rings is 2. The van der Waals surface area contributed by atoms with Crippen LogP contribution in [0.5, 0.6) is 17.2 Å². The van der Waals surface area contributed by atoms with Crippen LogP contribution in [-0.4, -0.2) is 37.6 Å². The molecule has 29 heavy (non-hydrogen) atoms. The zero-order valence-electron chi connectivity index (χ0n) is 16.0. The number of urea groups is 1. The SMILES string of the molecule is COc1ccc(NC(=O)Nc2nnc(Cc3ccc(OC)c(OC)c3)s2)cc1Cl. The van der Waals surface area contributed by atoms with Gasteiger partial charge in [0.15, 0.2) is 11.5 Å². The molecule has 0 radical (unpaired) electrons. The molecule has 2 N–H and O–H groups in total. The van der Waals surface area contributed by atoms with Crippen LogP contribution in [0.2, 0.25) is 5.02 Å². The monoisotopic (exact) mass is 434 g/mol. The molecule has 0 fully saturated rings. The van der Waals surface area contributed by atoms with E-state index in [2.05, 4.69) is 20.8 Å². The second-order valence-corrected chi connectivity index (χ2v) is 7.26. The summed E-state index contributed by atoms with van der Waals surface area (Å²) >= 11 is 7.35. The lowest BCUT2D eigenvalue weighted by atomic mass is 10.1. The van der Waals surface area contributed by atoms with E-state index < -0.39 is 6.03 Å². The Kier molecular flexibility index (Phi) is 6.73. The quantitative estimate of drug-likeness (QED) is 0.570. The van der Waals surface area contributed by atoms with Gasteiger partial charge in [-0.25, -0.2) is 4.79 Å². The van der Waals surface area contributed by atoms with Crippen LogP contribution in [0.4, 0.5) is 15.6 Å². The van der Waals surface area contributed by atoms with E-state index in [1.807, 2.05) is 18.2 Å². The first-order valence-corrected chi connectivity index (χ1v) is 9.66. The lowest BCUT2D eigenvalue weighted by Gasteiger charge is -2.08. The van der Waals surface area contributed by atoms with Crippen molar-refractivity contribution in [1.82, 2.24) is 10.2 Å². The van der Waals surface area contributed by atoms with Gasteiger partial charge in [0.2, 0.25) is 5.13 Å². The number of nitrogens with one attached hydrogen (secondary N) is 2. The van der Waals surface area contributed by atoms with E-state index in [1.165, 1.54) is 18.4 Å². The number of amides is 2. The number of aromatic nitrogens is 2. The molecule has 0 saturated carbocycles. The van der Waals surface area contributed by atoms with Crippen LogP contribution in [0, 0.1) is 0 Å². The van der Waals surface area contributed by atoms with Gasteiger partial charge >= 0.3 is 6.03 Å². The molecule has 0 unspecified atom stereocenters. The van der Waals surface area contributed by atoms with Crippen LogP contribution in [0.3, 0.4) is 0 Å². The van der Waals surface area contributed by atoms with Crippen molar-refractivity contribution < 1.29 is 19.0 Å². The van der Waals surface area contributed by atoms with Crippen molar-refractivity contribution in [1.29, 1.82) is 0 Å². The van der Waals surface area contributed by atoms with Gasteiger partial charge in [0.1, 0.15) is 10.8 Å². The maximum atomic E-state index is 12.2. The molecule has 3 aromatic rings. The molecule has 3 rings (SSSR count). The van der Waals surface area contributed by atoms with Gasteiger partial charge in [0.05, 0.1) is 26.4 Å². The number of rotatable bonds is 7. The molecule has 8 nitrogen and oxygen atoms in total. The Bertz CT molecular complexity index is 1010. The predicted octanol–water partition coefficient (Wildman–Crippen LogP) is 4.45.